The lowest BCUT2D eigenvalue weighted by atomic mass is 9.74. The first-order valence-electron chi connectivity index (χ1n) is 11.7. The maximum Gasteiger partial charge on any atom is 0.336 e. The highest BCUT2D eigenvalue weighted by atomic mass is 32.1. The Balaban J connectivity index is 1.90. The van der Waals surface area contributed by atoms with Crippen molar-refractivity contribution in [2.45, 2.75) is 40.5 Å². The molecule has 0 N–H and O–H groups in total. The third kappa shape index (κ3) is 4.51. The SMILES string of the molecule is COC(=O)C1=C(C)N=C(C)C(C(=O)OC)C1c1ccccc1-c1nc(-c2c(C)cc(C)cc2C)cs1. The van der Waals surface area contributed by atoms with Gasteiger partial charge in [0.25, 0.3) is 0 Å². The molecule has 0 fully saturated rings. The quantitative estimate of drug-likeness (QED) is 0.388. The zero-order chi connectivity index (χ0) is 26.1. The van der Waals surface area contributed by atoms with Crippen LogP contribution in [-0.4, -0.2) is 36.9 Å². The highest BCUT2D eigenvalue weighted by Crippen LogP contribution is 2.44. The van der Waals surface area contributed by atoms with Crippen molar-refractivity contribution in [1.82, 2.24) is 4.98 Å². The number of allylic oxidation sites excluding steroid dienone is 1. The van der Waals surface area contributed by atoms with Gasteiger partial charge < -0.3 is 9.47 Å². The Hall–Kier alpha value is -3.58. The fraction of sp³-hybridized carbons (Fsp3) is 0.310. The first kappa shape index (κ1) is 25.5. The molecule has 2 atom stereocenters. The van der Waals surface area contributed by atoms with Gasteiger partial charge in [-0.2, -0.15) is 0 Å². The average molecular weight is 503 g/mol. The molecule has 0 radical (unpaired) electrons. The summed E-state index contributed by atoms with van der Waals surface area (Å²) < 4.78 is 10.3. The van der Waals surface area contributed by atoms with Crippen molar-refractivity contribution in [3.63, 3.8) is 0 Å². The van der Waals surface area contributed by atoms with Crippen molar-refractivity contribution >= 4 is 29.0 Å². The van der Waals surface area contributed by atoms with E-state index in [-0.39, 0.29) is 0 Å². The van der Waals surface area contributed by atoms with Gasteiger partial charge in [-0.25, -0.2) is 9.78 Å². The van der Waals surface area contributed by atoms with Crippen LogP contribution in [0.25, 0.3) is 21.8 Å². The van der Waals surface area contributed by atoms with Crippen molar-refractivity contribution in [3.05, 3.63) is 75.3 Å². The highest BCUT2D eigenvalue weighted by Gasteiger charge is 2.43. The standard InChI is InChI=1S/C29H30N2O4S/c1-15-12-16(2)23(17(3)13-15)22-14-36-27(31-22)21-11-9-8-10-20(21)26-24(28(32)34-6)18(4)30-19(5)25(26)29(33)35-7/h8-14,24,26H,1-7H3. The van der Waals surface area contributed by atoms with Crippen LogP contribution in [0.3, 0.4) is 0 Å². The predicted octanol–water partition coefficient (Wildman–Crippen LogP) is 6.20. The number of thiazole rings is 1. The first-order valence-corrected chi connectivity index (χ1v) is 12.6. The molecule has 3 aromatic rings. The molecule has 36 heavy (non-hydrogen) atoms. The van der Waals surface area contributed by atoms with Gasteiger partial charge in [0.1, 0.15) is 10.9 Å². The molecule has 1 aliphatic rings. The van der Waals surface area contributed by atoms with Gasteiger partial charge in [-0.05, 0) is 51.3 Å². The van der Waals surface area contributed by atoms with Crippen LogP contribution in [0.4, 0.5) is 0 Å². The number of hydrogen-bond acceptors (Lipinski definition) is 7. The van der Waals surface area contributed by atoms with Crippen molar-refractivity contribution in [2.24, 2.45) is 10.9 Å². The van der Waals surface area contributed by atoms with E-state index in [2.05, 4.69) is 43.3 Å². The van der Waals surface area contributed by atoms with Gasteiger partial charge in [-0.3, -0.25) is 9.79 Å². The number of aliphatic imine (C=N–C) groups is 1. The van der Waals surface area contributed by atoms with E-state index in [9.17, 15) is 9.59 Å². The highest BCUT2D eigenvalue weighted by molar-refractivity contribution is 7.13. The number of aromatic nitrogens is 1. The monoisotopic (exact) mass is 502 g/mol. The van der Waals surface area contributed by atoms with Crippen molar-refractivity contribution in [2.75, 3.05) is 14.2 Å². The molecular weight excluding hydrogens is 472 g/mol. The summed E-state index contributed by atoms with van der Waals surface area (Å²) in [6.07, 6.45) is 0. The van der Waals surface area contributed by atoms with Crippen LogP contribution in [0.15, 0.2) is 58.0 Å². The summed E-state index contributed by atoms with van der Waals surface area (Å²) >= 11 is 1.54. The van der Waals surface area contributed by atoms with E-state index in [1.165, 1.54) is 42.2 Å². The van der Waals surface area contributed by atoms with Crippen LogP contribution in [0.2, 0.25) is 0 Å². The lowest BCUT2D eigenvalue weighted by Gasteiger charge is -2.32. The molecule has 1 aliphatic heterocycles. The summed E-state index contributed by atoms with van der Waals surface area (Å²) in [5, 5.41) is 2.87. The van der Waals surface area contributed by atoms with Crippen LogP contribution in [-0.2, 0) is 19.1 Å². The van der Waals surface area contributed by atoms with Crippen molar-refractivity contribution < 1.29 is 19.1 Å². The predicted molar refractivity (Wildman–Crippen MR) is 143 cm³/mol. The Morgan fingerprint density at radius 1 is 0.944 bits per heavy atom. The normalized spacial score (nSPS) is 17.6. The lowest BCUT2D eigenvalue weighted by molar-refractivity contribution is -0.143. The second-order valence-electron chi connectivity index (χ2n) is 9.12. The molecule has 2 unspecified atom stereocenters. The van der Waals surface area contributed by atoms with E-state index >= 15 is 0 Å². The number of ether oxygens (including phenoxy) is 2. The van der Waals surface area contributed by atoms with Crippen molar-refractivity contribution in [3.8, 4) is 21.8 Å². The molecule has 4 rings (SSSR count). The van der Waals surface area contributed by atoms with E-state index in [1.807, 2.05) is 24.3 Å². The van der Waals surface area contributed by atoms with Gasteiger partial charge in [0.05, 0.1) is 25.5 Å². The number of benzene rings is 2. The molecule has 7 heteroatoms. The maximum atomic E-state index is 13.0. The molecule has 2 heterocycles. The Morgan fingerprint density at radius 3 is 2.25 bits per heavy atom. The van der Waals surface area contributed by atoms with E-state index in [0.717, 1.165) is 27.4 Å². The second kappa shape index (κ2) is 10.2. The fourth-order valence-electron chi connectivity index (χ4n) is 5.24. The molecule has 0 amide bonds. The summed E-state index contributed by atoms with van der Waals surface area (Å²) in [6, 6.07) is 12.1. The van der Waals surface area contributed by atoms with E-state index in [1.54, 1.807) is 13.8 Å². The van der Waals surface area contributed by atoms with Gasteiger partial charge in [0.15, 0.2) is 0 Å². The van der Waals surface area contributed by atoms with Gasteiger partial charge in [0.2, 0.25) is 0 Å². The zero-order valence-electron chi connectivity index (χ0n) is 21.6. The van der Waals surface area contributed by atoms with Crippen LogP contribution in [0, 0.1) is 26.7 Å². The summed E-state index contributed by atoms with van der Waals surface area (Å²) in [5.74, 6) is -2.33. The summed E-state index contributed by atoms with van der Waals surface area (Å²) in [7, 11) is 2.68. The van der Waals surface area contributed by atoms with E-state index in [4.69, 9.17) is 14.5 Å². The third-order valence-corrected chi connectivity index (χ3v) is 7.53. The number of nitrogens with zero attached hydrogens (tertiary/aromatic N) is 2. The topological polar surface area (TPSA) is 77.8 Å². The number of carbonyl (C=O) groups excluding carboxylic acids is 2. The second-order valence-corrected chi connectivity index (χ2v) is 9.98. The Labute approximate surface area is 215 Å². The average Bonchev–Trinajstić information content (AvgIpc) is 3.31. The summed E-state index contributed by atoms with van der Waals surface area (Å²) in [4.78, 5) is 35.5. The first-order chi connectivity index (χ1) is 17.2. The molecule has 2 aromatic carbocycles. The molecule has 0 spiro atoms. The van der Waals surface area contributed by atoms with Gasteiger partial charge in [-0.15, -0.1) is 11.3 Å². The van der Waals surface area contributed by atoms with Crippen molar-refractivity contribution in [1.29, 1.82) is 0 Å². The Morgan fingerprint density at radius 2 is 1.61 bits per heavy atom. The number of hydrogen-bond donors (Lipinski definition) is 0. The Kier molecular flexibility index (Phi) is 7.22. The minimum atomic E-state index is -0.755. The number of aryl methyl sites for hydroxylation is 3. The van der Waals surface area contributed by atoms with E-state index < -0.39 is 23.8 Å². The minimum Gasteiger partial charge on any atom is -0.468 e. The maximum absolute atomic E-state index is 13.0. The number of methoxy groups -OCH3 is 2. The van der Waals surface area contributed by atoms with Crippen LogP contribution >= 0.6 is 11.3 Å². The van der Waals surface area contributed by atoms with E-state index in [0.29, 0.717) is 17.0 Å². The van der Waals surface area contributed by atoms with Gasteiger partial charge in [-0.1, -0.05) is 42.0 Å². The molecule has 0 bridgehead atoms. The smallest absolute Gasteiger partial charge is 0.336 e. The molecule has 0 saturated carbocycles. The minimum absolute atomic E-state index is 0.355. The summed E-state index contributed by atoms with van der Waals surface area (Å²) in [6.45, 7) is 9.85. The fourth-order valence-corrected chi connectivity index (χ4v) is 6.10. The van der Waals surface area contributed by atoms with Gasteiger partial charge >= 0.3 is 11.9 Å². The van der Waals surface area contributed by atoms with Crippen LogP contribution < -0.4 is 0 Å². The summed E-state index contributed by atoms with van der Waals surface area (Å²) in [5.41, 5.74) is 8.75. The number of rotatable bonds is 5. The van der Waals surface area contributed by atoms with Crippen LogP contribution in [0.5, 0.6) is 0 Å². The molecular formula is C29H30N2O4S. The largest absolute Gasteiger partial charge is 0.468 e. The van der Waals surface area contributed by atoms with Gasteiger partial charge in [0, 0.05) is 33.8 Å². The molecule has 0 aliphatic carbocycles. The molecule has 6 nitrogen and oxygen atoms in total. The number of carbonyl (C=O) groups is 2. The molecule has 0 saturated heterocycles. The molecule has 1 aromatic heterocycles. The molecule has 186 valence electrons. The Bertz CT molecular complexity index is 1390. The van der Waals surface area contributed by atoms with Crippen LogP contribution in [0.1, 0.15) is 42.0 Å². The third-order valence-electron chi connectivity index (χ3n) is 6.65. The number of esters is 2. The lowest BCUT2D eigenvalue weighted by Crippen LogP contribution is -2.36. The zero-order valence-corrected chi connectivity index (χ0v) is 22.4.